The van der Waals surface area contributed by atoms with E-state index in [0.717, 1.165) is 22.1 Å². The summed E-state index contributed by atoms with van der Waals surface area (Å²) in [5, 5.41) is 1.15. The molecule has 2 heterocycles. The number of cyclic esters (lactones) is 1. The summed E-state index contributed by atoms with van der Waals surface area (Å²) in [6.45, 7) is 4.84. The molecule has 146 valence electrons. The molecule has 1 aliphatic carbocycles. The highest BCUT2D eigenvalue weighted by molar-refractivity contribution is 7.27. The van der Waals surface area contributed by atoms with Crippen LogP contribution in [0.2, 0.25) is 0 Å². The molecule has 1 saturated heterocycles. The number of nitrogens with zero attached hydrogens (tertiary/aromatic N) is 1. The van der Waals surface area contributed by atoms with Crippen LogP contribution in [0.25, 0.3) is 17.2 Å². The topological polar surface area (TPSA) is 65.2 Å². The number of aromatic nitrogens is 1. The van der Waals surface area contributed by atoms with E-state index in [9.17, 15) is 4.79 Å². The predicted octanol–water partition coefficient (Wildman–Crippen LogP) is 3.42. The fourth-order valence-electron chi connectivity index (χ4n) is 4.67. The quantitative estimate of drug-likeness (QED) is 0.640. The number of rotatable bonds is 3. The van der Waals surface area contributed by atoms with Crippen LogP contribution in [-0.2, 0) is 9.53 Å². The van der Waals surface area contributed by atoms with Crippen molar-refractivity contribution in [3.05, 3.63) is 54.4 Å². The van der Waals surface area contributed by atoms with E-state index < -0.39 is 5.54 Å². The van der Waals surface area contributed by atoms with Crippen molar-refractivity contribution in [2.75, 3.05) is 6.61 Å². The Morgan fingerprint density at radius 2 is 2.07 bits per heavy atom. The Hall–Kier alpha value is -2.03. The van der Waals surface area contributed by atoms with E-state index in [1.807, 2.05) is 18.3 Å². The Kier molecular flexibility index (Phi) is 5.11. The van der Waals surface area contributed by atoms with Crippen LogP contribution in [0.1, 0.15) is 26.0 Å². The average Bonchev–Trinajstić information content (AvgIpc) is 2.97. The first-order chi connectivity index (χ1) is 13.4. The van der Waals surface area contributed by atoms with Gasteiger partial charge in [0.25, 0.3) is 0 Å². The fraction of sp³-hybridized carbons (Fsp3) is 0.391. The van der Waals surface area contributed by atoms with E-state index in [1.54, 1.807) is 0 Å². The highest BCUT2D eigenvalue weighted by atomic mass is 31.0. The normalized spacial score (nSPS) is 32.4. The molecule has 2 aliphatic rings. The molecule has 1 aliphatic heterocycles. The summed E-state index contributed by atoms with van der Waals surface area (Å²) in [6, 6.07) is 12.4. The van der Waals surface area contributed by atoms with Gasteiger partial charge in [0.05, 0.1) is 12.3 Å². The van der Waals surface area contributed by atoms with Crippen molar-refractivity contribution in [1.82, 2.24) is 4.98 Å². The molecule has 2 N–H and O–H groups in total. The van der Waals surface area contributed by atoms with E-state index >= 15 is 0 Å². The van der Waals surface area contributed by atoms with Gasteiger partial charge in [0.2, 0.25) is 0 Å². The Labute approximate surface area is 168 Å². The van der Waals surface area contributed by atoms with E-state index in [-0.39, 0.29) is 17.8 Å². The maximum atomic E-state index is 12.2. The number of carbonyl (C=O) groups excluding carboxylic acids is 1. The van der Waals surface area contributed by atoms with Gasteiger partial charge in [-0.05, 0) is 53.3 Å². The van der Waals surface area contributed by atoms with Gasteiger partial charge in [0.1, 0.15) is 5.54 Å². The van der Waals surface area contributed by atoms with Crippen LogP contribution in [0.3, 0.4) is 0 Å². The molecule has 1 aromatic carbocycles. The second-order valence-corrected chi connectivity index (χ2v) is 8.99. The summed E-state index contributed by atoms with van der Waals surface area (Å²) in [6.07, 6.45) is 6.84. The molecule has 0 spiro atoms. The first-order valence-electron chi connectivity index (χ1n) is 9.85. The van der Waals surface area contributed by atoms with Crippen LogP contribution < -0.4 is 11.0 Å². The minimum absolute atomic E-state index is 0.0338. The Morgan fingerprint density at radius 1 is 1.25 bits per heavy atom. The number of allylic oxidation sites excluding steroid dienone is 1. The van der Waals surface area contributed by atoms with Crippen LogP contribution in [0.4, 0.5) is 0 Å². The Bertz CT molecular complexity index is 911. The highest BCUT2D eigenvalue weighted by Gasteiger charge is 2.57. The minimum Gasteiger partial charge on any atom is -0.464 e. The molecule has 4 rings (SSSR count). The number of nitrogens with two attached hydrogens (primary N) is 1. The van der Waals surface area contributed by atoms with Crippen LogP contribution in [0.15, 0.2) is 48.7 Å². The fourth-order valence-corrected chi connectivity index (χ4v) is 4.96. The van der Waals surface area contributed by atoms with Crippen LogP contribution >= 0.6 is 9.24 Å². The van der Waals surface area contributed by atoms with Crippen molar-refractivity contribution < 1.29 is 9.53 Å². The molecule has 1 saturated carbocycles. The van der Waals surface area contributed by atoms with Crippen LogP contribution in [0.5, 0.6) is 0 Å². The number of esters is 1. The van der Waals surface area contributed by atoms with Gasteiger partial charge in [0.15, 0.2) is 0 Å². The molecule has 6 atom stereocenters. The van der Waals surface area contributed by atoms with E-state index in [4.69, 9.17) is 10.5 Å². The number of hydrogen-bond donors (Lipinski definition) is 1. The number of ether oxygens (including phenoxy) is 1. The third-order valence-corrected chi connectivity index (χ3v) is 6.92. The van der Waals surface area contributed by atoms with Gasteiger partial charge < -0.3 is 10.5 Å². The van der Waals surface area contributed by atoms with Gasteiger partial charge in [0, 0.05) is 17.7 Å². The predicted molar refractivity (Wildman–Crippen MR) is 116 cm³/mol. The summed E-state index contributed by atoms with van der Waals surface area (Å²) < 4.78 is 5.34. The van der Waals surface area contributed by atoms with E-state index in [1.165, 1.54) is 0 Å². The molecule has 2 aromatic rings. The van der Waals surface area contributed by atoms with Gasteiger partial charge in [-0.25, -0.2) is 0 Å². The molecule has 5 heteroatoms. The molecular formula is C23H27N2O2P. The van der Waals surface area contributed by atoms with Gasteiger partial charge in [-0.1, -0.05) is 44.2 Å². The lowest BCUT2D eigenvalue weighted by atomic mass is 9.60. The first-order valence-corrected chi connectivity index (χ1v) is 10.4. The average molecular weight is 394 g/mol. The number of carbonyl (C=O) groups is 1. The monoisotopic (exact) mass is 394 g/mol. The zero-order valence-corrected chi connectivity index (χ0v) is 17.5. The van der Waals surface area contributed by atoms with Crippen molar-refractivity contribution in [2.45, 2.75) is 25.8 Å². The largest absolute Gasteiger partial charge is 0.464 e. The summed E-state index contributed by atoms with van der Waals surface area (Å²) in [5.41, 5.74) is 8.80. The van der Waals surface area contributed by atoms with Crippen molar-refractivity contribution in [2.24, 2.45) is 29.4 Å². The van der Waals surface area contributed by atoms with Crippen molar-refractivity contribution in [1.29, 1.82) is 0 Å². The number of benzene rings is 1. The first kappa shape index (κ1) is 19.3. The second kappa shape index (κ2) is 7.42. The molecule has 6 unspecified atom stereocenters. The van der Waals surface area contributed by atoms with E-state index in [2.05, 4.69) is 64.5 Å². The lowest BCUT2D eigenvalue weighted by Gasteiger charge is -2.44. The molecule has 2 fully saturated rings. The number of pyridine rings is 1. The Balaban J connectivity index is 1.55. The number of hydrogen-bond acceptors (Lipinski definition) is 4. The van der Waals surface area contributed by atoms with Crippen molar-refractivity contribution >= 4 is 26.6 Å². The number of fused-ring (bicyclic) bond motifs is 1. The summed E-state index contributed by atoms with van der Waals surface area (Å²) in [4.78, 5) is 16.8. The molecule has 4 nitrogen and oxygen atoms in total. The third kappa shape index (κ3) is 3.40. The zero-order valence-electron chi connectivity index (χ0n) is 16.3. The van der Waals surface area contributed by atoms with Crippen LogP contribution in [0, 0.1) is 23.7 Å². The summed E-state index contributed by atoms with van der Waals surface area (Å²) in [5.74, 6) is 0.808. The molecule has 0 radical (unpaired) electrons. The molecule has 0 amide bonds. The van der Waals surface area contributed by atoms with Gasteiger partial charge >= 0.3 is 5.97 Å². The SMILES string of the molecule is CC1CC2(N)C(=O)OCC2C(/C=C/c2ccc(-c3cccc(P)c3)cn2)C1C. The van der Waals surface area contributed by atoms with Gasteiger partial charge in [-0.15, -0.1) is 9.24 Å². The maximum absolute atomic E-state index is 12.2. The standard InChI is InChI=1S/C23H27N2O2P/c1-14-11-23(24)21(13-27-22(23)26)20(15(14)2)9-8-18-7-6-17(12-25-18)16-4-3-5-19(28)10-16/h3-10,12,14-15,20-21H,11,13,24,28H2,1-2H3/b9-8+. The summed E-state index contributed by atoms with van der Waals surface area (Å²) in [7, 11) is 2.72. The van der Waals surface area contributed by atoms with Crippen molar-refractivity contribution in [3.63, 3.8) is 0 Å². The van der Waals surface area contributed by atoms with Gasteiger partial charge in [-0.3, -0.25) is 9.78 Å². The lowest BCUT2D eigenvalue weighted by Crippen LogP contribution is -2.58. The maximum Gasteiger partial charge on any atom is 0.326 e. The van der Waals surface area contributed by atoms with E-state index in [0.29, 0.717) is 24.9 Å². The molecule has 0 bridgehead atoms. The Morgan fingerprint density at radius 3 is 2.79 bits per heavy atom. The van der Waals surface area contributed by atoms with Crippen LogP contribution in [-0.4, -0.2) is 23.1 Å². The lowest BCUT2D eigenvalue weighted by molar-refractivity contribution is -0.143. The smallest absolute Gasteiger partial charge is 0.326 e. The summed E-state index contributed by atoms with van der Waals surface area (Å²) >= 11 is 0. The minimum atomic E-state index is -0.846. The molecule has 28 heavy (non-hydrogen) atoms. The van der Waals surface area contributed by atoms with Crippen molar-refractivity contribution in [3.8, 4) is 11.1 Å². The van der Waals surface area contributed by atoms with Gasteiger partial charge in [-0.2, -0.15) is 0 Å². The zero-order chi connectivity index (χ0) is 19.9. The second-order valence-electron chi connectivity index (χ2n) is 8.32. The third-order valence-electron chi connectivity index (χ3n) is 6.56. The molecule has 1 aromatic heterocycles. The molecular weight excluding hydrogens is 367 g/mol. The highest BCUT2D eigenvalue weighted by Crippen LogP contribution is 2.47.